The largest absolute Gasteiger partial charge is 0.462 e. The smallest absolute Gasteiger partial charge is 0.211 e. The normalized spacial score (nSPS) is 12.6. The van der Waals surface area contributed by atoms with E-state index in [4.69, 9.17) is 4.74 Å². The van der Waals surface area contributed by atoms with E-state index in [1.165, 1.54) is 23.5 Å². The van der Waals surface area contributed by atoms with E-state index in [1.54, 1.807) is 25.1 Å². The van der Waals surface area contributed by atoms with Gasteiger partial charge in [-0.1, -0.05) is 6.58 Å². The summed E-state index contributed by atoms with van der Waals surface area (Å²) in [5, 5.41) is 0. The maximum atomic E-state index is 12.8. The molecule has 0 bridgehead atoms. The molecule has 0 aliphatic carbocycles. The Bertz CT molecular complexity index is 606. The maximum absolute atomic E-state index is 12.8. The summed E-state index contributed by atoms with van der Waals surface area (Å²) in [7, 11) is -1.73. The molecule has 0 heterocycles. The molecular weight excluding hydrogens is 281 g/mol. The van der Waals surface area contributed by atoms with Crippen molar-refractivity contribution in [1.29, 1.82) is 0 Å². The Morgan fingerprint density at radius 2 is 1.95 bits per heavy atom. The van der Waals surface area contributed by atoms with Gasteiger partial charge in [0.05, 0.1) is 12.0 Å². The summed E-state index contributed by atoms with van der Waals surface area (Å²) >= 11 is 0. The van der Waals surface area contributed by atoms with Crippen molar-refractivity contribution in [3.05, 3.63) is 54.1 Å². The molecule has 1 aromatic rings. The van der Waals surface area contributed by atoms with E-state index in [1.807, 2.05) is 0 Å². The zero-order valence-corrected chi connectivity index (χ0v) is 12.6. The Kier molecular flexibility index (Phi) is 5.47. The minimum atomic E-state index is -3.21. The molecule has 0 N–H and O–H groups in total. The monoisotopic (exact) mass is 299 g/mol. The number of halogens is 1. The summed E-state index contributed by atoms with van der Waals surface area (Å²) in [6.07, 6.45) is 2.77. The van der Waals surface area contributed by atoms with Crippen molar-refractivity contribution in [1.82, 2.24) is 4.31 Å². The number of likely N-dealkylation sites (N-methyl/N-ethyl adjacent to an activating group) is 1. The minimum absolute atomic E-state index is 0.210. The van der Waals surface area contributed by atoms with Crippen molar-refractivity contribution >= 4 is 15.8 Å². The van der Waals surface area contributed by atoms with E-state index in [2.05, 4.69) is 6.58 Å². The fourth-order valence-electron chi connectivity index (χ4n) is 1.32. The Labute approximate surface area is 119 Å². The lowest BCUT2D eigenvalue weighted by Gasteiger charge is -2.13. The van der Waals surface area contributed by atoms with Crippen LogP contribution in [0.5, 0.6) is 0 Å². The molecule has 0 atom stereocenters. The molecular formula is C14H18FNO3S. The molecule has 0 aromatic heterocycles. The zero-order chi connectivity index (χ0) is 15.3. The van der Waals surface area contributed by atoms with Gasteiger partial charge in [-0.25, -0.2) is 17.1 Å². The Balaban J connectivity index is 2.64. The molecule has 0 unspecified atom stereocenters. The zero-order valence-electron chi connectivity index (χ0n) is 11.8. The molecule has 0 fully saturated rings. The van der Waals surface area contributed by atoms with Crippen molar-refractivity contribution in [2.75, 3.05) is 19.8 Å². The molecule has 0 saturated heterocycles. The lowest BCUT2D eigenvalue weighted by Crippen LogP contribution is -2.25. The molecule has 20 heavy (non-hydrogen) atoms. The number of rotatable bonds is 6. The highest BCUT2D eigenvalue weighted by atomic mass is 32.2. The summed E-state index contributed by atoms with van der Waals surface area (Å²) in [5.74, 6) is 0.569. The van der Waals surface area contributed by atoms with Gasteiger partial charge < -0.3 is 4.74 Å². The lowest BCUT2D eigenvalue weighted by atomic mass is 10.2. The molecule has 6 heteroatoms. The molecule has 0 amide bonds. The van der Waals surface area contributed by atoms with Crippen LogP contribution < -0.4 is 0 Å². The number of allylic oxidation sites excluding steroid dienone is 1. The van der Waals surface area contributed by atoms with Gasteiger partial charge in [0.25, 0.3) is 0 Å². The van der Waals surface area contributed by atoms with Crippen molar-refractivity contribution < 1.29 is 17.5 Å². The van der Waals surface area contributed by atoms with Gasteiger partial charge in [-0.3, -0.25) is 0 Å². The number of sulfonamides is 1. The Hall–Kier alpha value is -1.66. The Morgan fingerprint density at radius 3 is 2.45 bits per heavy atom. The predicted octanol–water partition coefficient (Wildman–Crippen LogP) is 2.61. The fraction of sp³-hybridized carbons (Fsp3) is 0.286. The first-order chi connectivity index (χ1) is 9.20. The quantitative estimate of drug-likeness (QED) is 0.759. The van der Waals surface area contributed by atoms with Crippen LogP contribution >= 0.6 is 0 Å². The van der Waals surface area contributed by atoms with Gasteiger partial charge in [-0.2, -0.15) is 0 Å². The second-order valence-corrected chi connectivity index (χ2v) is 6.48. The number of hydrogen-bond donors (Lipinski definition) is 0. The molecule has 0 aliphatic rings. The molecule has 0 saturated carbocycles. The summed E-state index contributed by atoms with van der Waals surface area (Å²) in [4.78, 5) is 0. The molecule has 0 radical (unpaired) electrons. The average Bonchev–Trinajstić information content (AvgIpc) is 2.35. The molecule has 0 spiro atoms. The van der Waals surface area contributed by atoms with Crippen LogP contribution in [0.15, 0.2) is 42.7 Å². The van der Waals surface area contributed by atoms with E-state index in [0.717, 1.165) is 6.26 Å². The summed E-state index contributed by atoms with van der Waals surface area (Å²) in [6.45, 7) is 5.66. The van der Waals surface area contributed by atoms with Crippen molar-refractivity contribution in [2.45, 2.75) is 6.92 Å². The van der Waals surface area contributed by atoms with Gasteiger partial charge in [-0.15, -0.1) is 0 Å². The molecule has 110 valence electrons. The van der Waals surface area contributed by atoms with Gasteiger partial charge in [0.1, 0.15) is 11.6 Å². The topological polar surface area (TPSA) is 46.6 Å². The minimum Gasteiger partial charge on any atom is -0.462 e. The lowest BCUT2D eigenvalue weighted by molar-refractivity contribution is 0.380. The third-order valence-corrected chi connectivity index (χ3v) is 3.93. The second kappa shape index (κ2) is 6.67. The van der Waals surface area contributed by atoms with Gasteiger partial charge in [-0.05, 0) is 37.3 Å². The van der Waals surface area contributed by atoms with Crippen LogP contribution in [0.4, 0.5) is 4.39 Å². The summed E-state index contributed by atoms with van der Waals surface area (Å²) in [6, 6.07) is 5.77. The van der Waals surface area contributed by atoms with E-state index in [9.17, 15) is 12.8 Å². The number of hydrogen-bond acceptors (Lipinski definition) is 3. The number of benzene rings is 1. The van der Waals surface area contributed by atoms with Crippen LogP contribution in [-0.4, -0.2) is 32.6 Å². The second-order valence-electron chi connectivity index (χ2n) is 4.39. The third kappa shape index (κ3) is 5.14. The van der Waals surface area contributed by atoms with E-state index < -0.39 is 10.0 Å². The van der Waals surface area contributed by atoms with Crippen molar-refractivity contribution in [2.24, 2.45) is 0 Å². The summed E-state index contributed by atoms with van der Waals surface area (Å²) < 4.78 is 41.9. The van der Waals surface area contributed by atoms with Crippen molar-refractivity contribution in [3.63, 3.8) is 0 Å². The van der Waals surface area contributed by atoms with Crippen LogP contribution in [0.25, 0.3) is 5.76 Å². The molecule has 1 aromatic carbocycles. The standard InChI is InChI=1S/C14H18FNO3S/c1-11(9-10-16(3)20(4,17)18)19-12(2)13-5-7-14(15)8-6-13/h5-9H,2,10H2,1,3-4H3/b11-9+. The first-order valence-electron chi connectivity index (χ1n) is 5.91. The first-order valence-corrected chi connectivity index (χ1v) is 7.75. The maximum Gasteiger partial charge on any atom is 0.211 e. The highest BCUT2D eigenvalue weighted by Crippen LogP contribution is 2.17. The van der Waals surface area contributed by atoms with Crippen LogP contribution in [0, 0.1) is 5.82 Å². The van der Waals surface area contributed by atoms with Crippen molar-refractivity contribution in [3.8, 4) is 0 Å². The van der Waals surface area contributed by atoms with Crippen LogP contribution in [-0.2, 0) is 14.8 Å². The van der Waals surface area contributed by atoms with E-state index in [0.29, 0.717) is 17.1 Å². The SMILES string of the molecule is C=C(O/C(C)=C/CN(C)S(C)(=O)=O)c1ccc(F)cc1. The van der Waals surface area contributed by atoms with Gasteiger partial charge in [0.2, 0.25) is 10.0 Å². The highest BCUT2D eigenvalue weighted by molar-refractivity contribution is 7.88. The molecule has 4 nitrogen and oxygen atoms in total. The van der Waals surface area contributed by atoms with Gasteiger partial charge >= 0.3 is 0 Å². The number of ether oxygens (including phenoxy) is 1. The van der Waals surface area contributed by atoms with E-state index >= 15 is 0 Å². The fourth-order valence-corrected chi connectivity index (χ4v) is 1.67. The number of nitrogens with zero attached hydrogens (tertiary/aromatic N) is 1. The predicted molar refractivity (Wildman–Crippen MR) is 77.7 cm³/mol. The van der Waals surface area contributed by atoms with Crippen LogP contribution in [0.1, 0.15) is 12.5 Å². The highest BCUT2D eigenvalue weighted by Gasteiger charge is 2.09. The molecule has 0 aliphatic heterocycles. The molecule has 1 rings (SSSR count). The first kappa shape index (κ1) is 16.4. The van der Waals surface area contributed by atoms with E-state index in [-0.39, 0.29) is 12.4 Å². The average molecular weight is 299 g/mol. The third-order valence-electron chi connectivity index (χ3n) is 2.65. The van der Waals surface area contributed by atoms with Gasteiger partial charge in [0, 0.05) is 19.2 Å². The Morgan fingerprint density at radius 1 is 1.40 bits per heavy atom. The van der Waals surface area contributed by atoms with Crippen LogP contribution in [0.2, 0.25) is 0 Å². The van der Waals surface area contributed by atoms with Crippen LogP contribution in [0.3, 0.4) is 0 Å². The summed E-state index contributed by atoms with van der Waals surface area (Å²) in [5.41, 5.74) is 0.663. The van der Waals surface area contributed by atoms with Gasteiger partial charge in [0.15, 0.2) is 0 Å².